The first kappa shape index (κ1) is 21.3. The van der Waals surface area contributed by atoms with Crippen LogP contribution in [-0.4, -0.2) is 42.1 Å². The molecule has 1 heterocycles. The summed E-state index contributed by atoms with van der Waals surface area (Å²) in [5.74, 6) is -1.26. The van der Waals surface area contributed by atoms with Crippen molar-refractivity contribution in [1.29, 1.82) is 0 Å². The van der Waals surface area contributed by atoms with E-state index in [0.717, 1.165) is 28.7 Å². The van der Waals surface area contributed by atoms with Crippen molar-refractivity contribution in [2.75, 3.05) is 13.1 Å². The van der Waals surface area contributed by atoms with Gasteiger partial charge in [0, 0.05) is 13.1 Å². The smallest absolute Gasteiger partial charge is 0.323 e. The maximum Gasteiger partial charge on any atom is 0.323 e. The molecule has 0 bridgehead atoms. The van der Waals surface area contributed by atoms with Crippen LogP contribution in [-0.2, 0) is 14.8 Å². The molecule has 5 nitrogen and oxygen atoms in total. The predicted octanol–water partition coefficient (Wildman–Crippen LogP) is 4.42. The van der Waals surface area contributed by atoms with E-state index in [0.29, 0.717) is 19.4 Å². The maximum atomic E-state index is 12.8. The van der Waals surface area contributed by atoms with Gasteiger partial charge in [-0.1, -0.05) is 80.4 Å². The molecular weight excluding hydrogens is 386 g/mol. The van der Waals surface area contributed by atoms with Crippen LogP contribution in [0.4, 0.5) is 0 Å². The Labute approximate surface area is 172 Å². The number of carbonyl (C=O) groups is 1. The van der Waals surface area contributed by atoms with Gasteiger partial charge in [0.1, 0.15) is 0 Å². The molecular formula is C23H27NO4S. The van der Waals surface area contributed by atoms with Gasteiger partial charge in [-0.2, -0.15) is 4.31 Å². The van der Waals surface area contributed by atoms with E-state index < -0.39 is 21.2 Å². The van der Waals surface area contributed by atoms with Gasteiger partial charge >= 0.3 is 5.97 Å². The van der Waals surface area contributed by atoms with Crippen LogP contribution in [0, 0.1) is 0 Å². The van der Waals surface area contributed by atoms with Crippen LogP contribution in [0.2, 0.25) is 0 Å². The molecule has 0 saturated carbocycles. The second-order valence-electron chi connectivity index (χ2n) is 7.29. The number of hydrogen-bond donors (Lipinski definition) is 1. The van der Waals surface area contributed by atoms with Gasteiger partial charge in [0.15, 0.2) is 5.25 Å². The number of rotatable bonds is 8. The second kappa shape index (κ2) is 9.37. The summed E-state index contributed by atoms with van der Waals surface area (Å²) < 4.78 is 26.9. The molecule has 1 unspecified atom stereocenters. The first-order valence-corrected chi connectivity index (χ1v) is 11.5. The van der Waals surface area contributed by atoms with Crippen LogP contribution in [0.15, 0.2) is 60.7 Å². The highest BCUT2D eigenvalue weighted by atomic mass is 32.2. The van der Waals surface area contributed by atoms with Crippen molar-refractivity contribution in [3.8, 4) is 11.1 Å². The minimum Gasteiger partial charge on any atom is -0.480 e. The standard InChI is InChI=1S/C23H27NO4S/c1-2-3-9-22(23(25)26)29(27,28)24-16-14-21(15-17-24)20-12-10-19(11-13-20)18-7-5-4-6-8-18/h4-8,10-14,22H,2-3,9,15-17H2,1H3,(H,25,26). The highest BCUT2D eigenvalue weighted by Crippen LogP contribution is 2.28. The fourth-order valence-electron chi connectivity index (χ4n) is 3.62. The zero-order valence-electron chi connectivity index (χ0n) is 16.6. The molecule has 6 heteroatoms. The number of sulfonamides is 1. The zero-order valence-corrected chi connectivity index (χ0v) is 17.4. The molecule has 29 heavy (non-hydrogen) atoms. The highest BCUT2D eigenvalue weighted by molar-refractivity contribution is 7.90. The summed E-state index contributed by atoms with van der Waals surface area (Å²) in [6.45, 7) is 2.45. The van der Waals surface area contributed by atoms with Crippen LogP contribution in [0.3, 0.4) is 0 Å². The highest BCUT2D eigenvalue weighted by Gasteiger charge is 2.37. The molecule has 0 aromatic heterocycles. The Morgan fingerprint density at radius 2 is 1.66 bits per heavy atom. The summed E-state index contributed by atoms with van der Waals surface area (Å²) in [6.07, 6.45) is 3.98. The van der Waals surface area contributed by atoms with Gasteiger partial charge in [-0.25, -0.2) is 8.42 Å². The molecule has 154 valence electrons. The molecule has 1 atom stereocenters. The van der Waals surface area contributed by atoms with Crippen molar-refractivity contribution >= 4 is 21.6 Å². The van der Waals surface area contributed by atoms with Gasteiger partial charge in [0.05, 0.1) is 0 Å². The number of benzene rings is 2. The maximum absolute atomic E-state index is 12.8. The molecule has 0 aliphatic carbocycles. The van der Waals surface area contributed by atoms with E-state index in [1.807, 2.05) is 31.2 Å². The molecule has 0 amide bonds. The van der Waals surface area contributed by atoms with Crippen molar-refractivity contribution in [2.24, 2.45) is 0 Å². The van der Waals surface area contributed by atoms with Crippen molar-refractivity contribution in [2.45, 2.75) is 37.9 Å². The number of unbranched alkanes of at least 4 members (excludes halogenated alkanes) is 1. The zero-order chi connectivity index (χ0) is 20.9. The Hall–Kier alpha value is -2.44. The van der Waals surface area contributed by atoms with Gasteiger partial charge < -0.3 is 5.11 Å². The van der Waals surface area contributed by atoms with Crippen molar-refractivity contribution < 1.29 is 18.3 Å². The summed E-state index contributed by atoms with van der Waals surface area (Å²) >= 11 is 0. The SMILES string of the molecule is CCCCC(C(=O)O)S(=O)(=O)N1CC=C(c2ccc(-c3ccccc3)cc2)CC1. The van der Waals surface area contributed by atoms with E-state index in [2.05, 4.69) is 36.4 Å². The molecule has 1 N–H and O–H groups in total. The van der Waals surface area contributed by atoms with E-state index in [1.165, 1.54) is 4.31 Å². The van der Waals surface area contributed by atoms with E-state index in [4.69, 9.17) is 0 Å². The van der Waals surface area contributed by atoms with Crippen LogP contribution >= 0.6 is 0 Å². The lowest BCUT2D eigenvalue weighted by molar-refractivity contribution is -0.136. The van der Waals surface area contributed by atoms with E-state index in [9.17, 15) is 18.3 Å². The predicted molar refractivity (Wildman–Crippen MR) is 116 cm³/mol. The normalized spacial score (nSPS) is 16.2. The van der Waals surface area contributed by atoms with E-state index in [1.54, 1.807) is 0 Å². The van der Waals surface area contributed by atoms with Crippen molar-refractivity contribution in [1.82, 2.24) is 4.31 Å². The van der Waals surface area contributed by atoms with Crippen LogP contribution in [0.5, 0.6) is 0 Å². The van der Waals surface area contributed by atoms with Crippen LogP contribution in [0.1, 0.15) is 38.2 Å². The third-order valence-electron chi connectivity index (χ3n) is 5.35. The fraction of sp³-hybridized carbons (Fsp3) is 0.348. The molecule has 0 fully saturated rings. The fourth-order valence-corrected chi connectivity index (χ4v) is 5.33. The van der Waals surface area contributed by atoms with Gasteiger partial charge in [-0.15, -0.1) is 0 Å². The van der Waals surface area contributed by atoms with E-state index >= 15 is 0 Å². The van der Waals surface area contributed by atoms with Gasteiger partial charge in [-0.05, 0) is 35.1 Å². The number of aliphatic carboxylic acids is 1. The van der Waals surface area contributed by atoms with Crippen molar-refractivity contribution in [3.05, 3.63) is 66.2 Å². The first-order valence-electron chi connectivity index (χ1n) is 10.00. The minimum absolute atomic E-state index is 0.155. The summed E-state index contributed by atoms with van der Waals surface area (Å²) in [6, 6.07) is 18.4. The molecule has 0 saturated heterocycles. The van der Waals surface area contributed by atoms with Gasteiger partial charge in [0.2, 0.25) is 10.0 Å². The average molecular weight is 414 g/mol. The van der Waals surface area contributed by atoms with Crippen molar-refractivity contribution in [3.63, 3.8) is 0 Å². The number of carboxylic acids is 1. The minimum atomic E-state index is -3.85. The molecule has 1 aliphatic heterocycles. The van der Waals surface area contributed by atoms with Crippen LogP contribution in [0.25, 0.3) is 16.7 Å². The van der Waals surface area contributed by atoms with E-state index in [-0.39, 0.29) is 13.0 Å². The number of carboxylic acid groups (broad SMARTS) is 1. The average Bonchev–Trinajstić information content (AvgIpc) is 2.74. The monoisotopic (exact) mass is 413 g/mol. The van der Waals surface area contributed by atoms with Gasteiger partial charge in [0.25, 0.3) is 0 Å². The lowest BCUT2D eigenvalue weighted by Crippen LogP contribution is -2.44. The Morgan fingerprint density at radius 3 is 2.21 bits per heavy atom. The summed E-state index contributed by atoms with van der Waals surface area (Å²) in [5.41, 5.74) is 4.45. The Bertz CT molecular complexity index is 966. The molecule has 1 aliphatic rings. The quantitative estimate of drug-likeness (QED) is 0.695. The largest absolute Gasteiger partial charge is 0.480 e. The summed E-state index contributed by atoms with van der Waals surface area (Å²) in [5, 5.41) is 8.04. The number of nitrogens with zero attached hydrogens (tertiary/aromatic N) is 1. The second-order valence-corrected chi connectivity index (χ2v) is 9.41. The third-order valence-corrected chi connectivity index (χ3v) is 7.56. The molecule has 0 spiro atoms. The van der Waals surface area contributed by atoms with Crippen LogP contribution < -0.4 is 0 Å². The lowest BCUT2D eigenvalue weighted by Gasteiger charge is -2.28. The summed E-state index contributed by atoms with van der Waals surface area (Å²) in [4.78, 5) is 11.5. The lowest BCUT2D eigenvalue weighted by atomic mass is 9.97. The molecule has 2 aromatic carbocycles. The Kier molecular flexibility index (Phi) is 6.87. The summed E-state index contributed by atoms with van der Waals surface area (Å²) in [7, 11) is -3.85. The molecule has 0 radical (unpaired) electrons. The first-order chi connectivity index (χ1) is 13.9. The topological polar surface area (TPSA) is 74.7 Å². The van der Waals surface area contributed by atoms with Gasteiger partial charge in [-0.3, -0.25) is 4.79 Å². The number of hydrogen-bond acceptors (Lipinski definition) is 3. The molecule has 2 aromatic rings. The Balaban J connectivity index is 1.72. The molecule has 3 rings (SSSR count). The third kappa shape index (κ3) is 4.95. The Morgan fingerprint density at radius 1 is 1.03 bits per heavy atom.